The molecule has 2 atom stereocenters. The molecule has 2 aromatic heterocycles. The molecule has 2 aliphatic rings. The van der Waals surface area contributed by atoms with E-state index >= 15 is 0 Å². The number of H-pyrrole nitrogens is 1. The van der Waals surface area contributed by atoms with Crippen LogP contribution in [0.2, 0.25) is 0 Å². The minimum Gasteiger partial charge on any atom is -0.448 e. The Labute approximate surface area is 318 Å². The topological polar surface area (TPSA) is 195 Å². The van der Waals surface area contributed by atoms with Crippen LogP contribution in [0.3, 0.4) is 0 Å². The van der Waals surface area contributed by atoms with Gasteiger partial charge in [0.1, 0.15) is 28.5 Å². The number of β-lactam (4-membered cyclic amide) rings is 1. The Hall–Kier alpha value is -5.87. The molecule has 4 heterocycles. The van der Waals surface area contributed by atoms with Crippen molar-refractivity contribution in [1.82, 2.24) is 30.4 Å². The van der Waals surface area contributed by atoms with Crippen molar-refractivity contribution in [2.24, 2.45) is 0 Å². The maximum atomic E-state index is 14.4. The molecule has 5 aromatic rings. The second-order valence-electron chi connectivity index (χ2n) is 13.5. The zero-order valence-electron chi connectivity index (χ0n) is 29.4. The number of thioether (sulfide) groups is 2. The zero-order valence-corrected chi connectivity index (χ0v) is 31.1. The fourth-order valence-corrected chi connectivity index (χ4v) is 8.35. The largest absolute Gasteiger partial charge is 0.448 e. The SMILES string of the molecule is CC(C)(C)OC(=O)Nc1ccc(CC(=O)NC2C(=O)N3C(C(=O)OC(c4ccccc4)c4ccccc4)=C(Sc4nc(N)c5cn[nH]c5n4)CS[C@H]23)cc1. The van der Waals surface area contributed by atoms with Gasteiger partial charge in [-0.25, -0.2) is 19.6 Å². The number of benzene rings is 3. The number of amides is 3. The van der Waals surface area contributed by atoms with Crippen molar-refractivity contribution in [1.29, 1.82) is 0 Å². The molecule has 54 heavy (non-hydrogen) atoms. The molecule has 14 nitrogen and oxygen atoms in total. The minimum atomic E-state index is -0.878. The van der Waals surface area contributed by atoms with Gasteiger partial charge in [-0.2, -0.15) is 5.10 Å². The standard InChI is InChI=1S/C38H36N8O6S2/c1-38(2,3)52-37(50)41-24-16-14-21(15-17-24)18-27(47)42-28-33(48)46-29(35(49)51-30(22-10-6-4-7-11-22)23-12-8-5-9-13-23)26(20-53-34(28)46)54-36-43-31(39)25-19-40-45-32(25)44-36/h4-17,19,28,30,34H,18,20H2,1-3H3,(H,41,50)(H,42,47)(H3,39,40,43,44,45)/t28?,34-/m1/s1. The number of carbonyl (C=O) groups is 4. The summed E-state index contributed by atoms with van der Waals surface area (Å²) in [5.74, 6) is -1.03. The van der Waals surface area contributed by atoms with Crippen LogP contribution in [0, 0.1) is 0 Å². The summed E-state index contributed by atoms with van der Waals surface area (Å²) in [5.41, 5.74) is 8.71. The van der Waals surface area contributed by atoms with Crippen LogP contribution in [-0.4, -0.2) is 71.7 Å². The number of nitrogens with zero attached hydrogens (tertiary/aromatic N) is 4. The number of hydrogen-bond acceptors (Lipinski definition) is 12. The van der Waals surface area contributed by atoms with Crippen LogP contribution < -0.4 is 16.4 Å². The van der Waals surface area contributed by atoms with Crippen molar-refractivity contribution >= 4 is 69.9 Å². The third-order valence-electron chi connectivity index (χ3n) is 8.37. The Bertz CT molecular complexity index is 2200. The molecule has 7 rings (SSSR count). The molecule has 5 N–H and O–H groups in total. The van der Waals surface area contributed by atoms with Crippen molar-refractivity contribution in [2.75, 3.05) is 16.8 Å². The first-order valence-electron chi connectivity index (χ1n) is 16.9. The van der Waals surface area contributed by atoms with E-state index in [0.29, 0.717) is 32.9 Å². The fourth-order valence-electron chi connectivity index (χ4n) is 5.94. The molecule has 16 heteroatoms. The first kappa shape index (κ1) is 36.5. The Morgan fingerprint density at radius 1 is 1.00 bits per heavy atom. The molecule has 0 spiro atoms. The summed E-state index contributed by atoms with van der Waals surface area (Å²) in [6.07, 6.45) is 0.167. The fraction of sp³-hybridized carbons (Fsp3) is 0.237. The van der Waals surface area contributed by atoms with Gasteiger partial charge in [0.2, 0.25) is 5.91 Å². The molecular weight excluding hydrogens is 729 g/mol. The number of anilines is 2. The van der Waals surface area contributed by atoms with E-state index in [0.717, 1.165) is 22.9 Å². The minimum absolute atomic E-state index is 0.00953. The lowest BCUT2D eigenvalue weighted by Crippen LogP contribution is -2.70. The van der Waals surface area contributed by atoms with E-state index in [4.69, 9.17) is 15.2 Å². The second kappa shape index (κ2) is 15.2. The van der Waals surface area contributed by atoms with E-state index in [9.17, 15) is 19.2 Å². The number of aromatic amines is 1. The molecule has 0 saturated carbocycles. The number of ether oxygens (including phenoxy) is 2. The van der Waals surface area contributed by atoms with Crippen LogP contribution >= 0.6 is 23.5 Å². The van der Waals surface area contributed by atoms with E-state index in [1.165, 1.54) is 22.9 Å². The summed E-state index contributed by atoms with van der Waals surface area (Å²) in [6.45, 7) is 5.32. The summed E-state index contributed by atoms with van der Waals surface area (Å²) in [5, 5.41) is 12.6. The number of esters is 1. The zero-order chi connectivity index (χ0) is 38.0. The van der Waals surface area contributed by atoms with Gasteiger partial charge in [-0.15, -0.1) is 11.8 Å². The Balaban J connectivity index is 1.11. The predicted molar refractivity (Wildman–Crippen MR) is 205 cm³/mol. The predicted octanol–water partition coefficient (Wildman–Crippen LogP) is 5.56. The van der Waals surface area contributed by atoms with Crippen molar-refractivity contribution < 1.29 is 28.7 Å². The van der Waals surface area contributed by atoms with Crippen LogP contribution in [0.25, 0.3) is 11.0 Å². The van der Waals surface area contributed by atoms with Crippen molar-refractivity contribution in [3.63, 3.8) is 0 Å². The maximum absolute atomic E-state index is 14.4. The van der Waals surface area contributed by atoms with E-state index in [1.807, 2.05) is 60.7 Å². The number of rotatable bonds is 10. The summed E-state index contributed by atoms with van der Waals surface area (Å²) >= 11 is 2.51. The molecular formula is C38H36N8O6S2. The smallest absolute Gasteiger partial charge is 0.412 e. The van der Waals surface area contributed by atoms with Gasteiger partial charge in [-0.1, -0.05) is 84.6 Å². The van der Waals surface area contributed by atoms with Gasteiger partial charge in [0.15, 0.2) is 16.9 Å². The van der Waals surface area contributed by atoms with Gasteiger partial charge in [0.25, 0.3) is 5.91 Å². The van der Waals surface area contributed by atoms with E-state index in [2.05, 4.69) is 30.8 Å². The quantitative estimate of drug-likeness (QED) is 0.0787. The molecule has 2 aliphatic heterocycles. The first-order valence-corrected chi connectivity index (χ1v) is 18.8. The van der Waals surface area contributed by atoms with Crippen molar-refractivity contribution in [3.05, 3.63) is 118 Å². The lowest BCUT2D eigenvalue weighted by Gasteiger charge is -2.49. The highest BCUT2D eigenvalue weighted by molar-refractivity contribution is 8.06. The highest BCUT2D eigenvalue weighted by atomic mass is 32.2. The Morgan fingerprint density at radius 2 is 1.67 bits per heavy atom. The van der Waals surface area contributed by atoms with Gasteiger partial charge < -0.3 is 20.5 Å². The van der Waals surface area contributed by atoms with E-state index < -0.39 is 41.1 Å². The third kappa shape index (κ3) is 8.04. The van der Waals surface area contributed by atoms with Gasteiger partial charge in [0, 0.05) is 16.3 Å². The third-order valence-corrected chi connectivity index (χ3v) is 10.8. The van der Waals surface area contributed by atoms with Gasteiger partial charge >= 0.3 is 12.1 Å². The molecule has 1 unspecified atom stereocenters. The summed E-state index contributed by atoms with van der Waals surface area (Å²) < 4.78 is 11.5. The van der Waals surface area contributed by atoms with E-state index in [1.54, 1.807) is 45.0 Å². The van der Waals surface area contributed by atoms with Crippen LogP contribution in [0.5, 0.6) is 0 Å². The molecule has 0 bridgehead atoms. The number of aromatic nitrogens is 4. The van der Waals surface area contributed by atoms with Gasteiger partial charge in [-0.3, -0.25) is 24.9 Å². The van der Waals surface area contributed by atoms with Crippen LogP contribution in [-0.2, 0) is 30.3 Å². The average molecular weight is 765 g/mol. The van der Waals surface area contributed by atoms with Gasteiger partial charge in [-0.05, 0) is 49.6 Å². The highest BCUT2D eigenvalue weighted by Crippen LogP contribution is 2.46. The number of nitrogens with one attached hydrogen (secondary N) is 3. The normalized spacial score (nSPS) is 16.8. The molecule has 276 valence electrons. The number of nitrogens with two attached hydrogens (primary N) is 1. The summed E-state index contributed by atoms with van der Waals surface area (Å²) in [4.78, 5) is 64.4. The van der Waals surface area contributed by atoms with Crippen molar-refractivity contribution in [3.8, 4) is 0 Å². The number of fused-ring (bicyclic) bond motifs is 2. The monoisotopic (exact) mass is 764 g/mol. The number of nitrogen functional groups attached to an aromatic ring is 1. The van der Waals surface area contributed by atoms with Crippen LogP contribution in [0.1, 0.15) is 43.6 Å². The van der Waals surface area contributed by atoms with Crippen molar-refractivity contribution in [2.45, 2.75) is 55.5 Å². The first-order chi connectivity index (χ1) is 25.9. The molecule has 0 radical (unpaired) electrons. The number of carbonyl (C=O) groups excluding carboxylic acids is 4. The van der Waals surface area contributed by atoms with Crippen LogP contribution in [0.15, 0.2) is 107 Å². The van der Waals surface area contributed by atoms with E-state index in [-0.39, 0.29) is 29.0 Å². The molecule has 1 saturated heterocycles. The molecule has 3 aromatic carbocycles. The molecule has 1 fully saturated rings. The Kier molecular flexibility index (Phi) is 10.3. The molecule has 3 amide bonds. The Morgan fingerprint density at radius 3 is 2.31 bits per heavy atom. The summed E-state index contributed by atoms with van der Waals surface area (Å²) in [7, 11) is 0. The highest BCUT2D eigenvalue weighted by Gasteiger charge is 2.55. The summed E-state index contributed by atoms with van der Waals surface area (Å²) in [6, 6.07) is 24.6. The average Bonchev–Trinajstić information content (AvgIpc) is 3.63. The maximum Gasteiger partial charge on any atom is 0.412 e. The molecule has 0 aliphatic carbocycles. The van der Waals surface area contributed by atoms with Gasteiger partial charge in [0.05, 0.1) is 18.0 Å². The van der Waals surface area contributed by atoms with Crippen LogP contribution in [0.4, 0.5) is 16.3 Å². The lowest BCUT2D eigenvalue weighted by atomic mass is 10.0. The number of hydrogen-bond donors (Lipinski definition) is 4. The lowest BCUT2D eigenvalue weighted by molar-refractivity contribution is -0.154. The second-order valence-corrected chi connectivity index (χ2v) is 15.6.